The topological polar surface area (TPSA) is 48.0 Å². The first-order valence-electron chi connectivity index (χ1n) is 8.30. The Morgan fingerprint density at radius 3 is 2.44 bits per heavy atom. The summed E-state index contributed by atoms with van der Waals surface area (Å²) < 4.78 is 16.3. The number of rotatable bonds is 5. The van der Waals surface area contributed by atoms with Crippen molar-refractivity contribution in [1.29, 1.82) is 0 Å². The number of ether oxygens (including phenoxy) is 3. The first kappa shape index (κ1) is 17.6. The van der Waals surface area contributed by atoms with Crippen LogP contribution in [0.15, 0.2) is 24.3 Å². The normalized spacial score (nSPS) is 16.8. The van der Waals surface area contributed by atoms with E-state index >= 15 is 0 Å². The van der Waals surface area contributed by atoms with E-state index in [1.54, 1.807) is 21.3 Å². The molecule has 3 rings (SSSR count). The molecule has 0 spiro atoms. The lowest BCUT2D eigenvalue weighted by Crippen LogP contribution is -2.32. The minimum atomic E-state index is 0.112. The SMILES string of the molecule is COc1ccc(-c2ccc(C(=O)N3CCCC3C)s2)c(OC)c1OC. The van der Waals surface area contributed by atoms with Crippen LogP contribution < -0.4 is 14.2 Å². The molecule has 25 heavy (non-hydrogen) atoms. The van der Waals surface area contributed by atoms with Gasteiger partial charge in [-0.2, -0.15) is 0 Å². The third kappa shape index (κ3) is 3.18. The predicted molar refractivity (Wildman–Crippen MR) is 99.1 cm³/mol. The third-order valence-electron chi connectivity index (χ3n) is 4.60. The van der Waals surface area contributed by atoms with Crippen LogP contribution >= 0.6 is 11.3 Å². The quantitative estimate of drug-likeness (QED) is 0.806. The maximum Gasteiger partial charge on any atom is 0.264 e. The van der Waals surface area contributed by atoms with Crippen LogP contribution in [0, 0.1) is 0 Å². The van der Waals surface area contributed by atoms with E-state index in [2.05, 4.69) is 6.92 Å². The fraction of sp³-hybridized carbons (Fsp3) is 0.421. The summed E-state index contributed by atoms with van der Waals surface area (Å²) in [6.45, 7) is 2.95. The first-order chi connectivity index (χ1) is 12.1. The maximum absolute atomic E-state index is 12.7. The van der Waals surface area contributed by atoms with Gasteiger partial charge in [0.2, 0.25) is 5.75 Å². The lowest BCUT2D eigenvalue weighted by molar-refractivity contribution is 0.0752. The number of likely N-dealkylation sites (tertiary alicyclic amines) is 1. The smallest absolute Gasteiger partial charge is 0.264 e. The van der Waals surface area contributed by atoms with Crippen molar-refractivity contribution >= 4 is 17.2 Å². The molecule has 1 aliphatic rings. The lowest BCUT2D eigenvalue weighted by Gasteiger charge is -2.20. The minimum Gasteiger partial charge on any atom is -0.493 e. The van der Waals surface area contributed by atoms with E-state index in [1.807, 2.05) is 29.2 Å². The number of nitrogens with zero attached hydrogens (tertiary/aromatic N) is 1. The summed E-state index contributed by atoms with van der Waals surface area (Å²) in [4.78, 5) is 16.4. The third-order valence-corrected chi connectivity index (χ3v) is 5.71. The highest BCUT2D eigenvalue weighted by Crippen LogP contribution is 2.46. The van der Waals surface area contributed by atoms with Gasteiger partial charge in [-0.3, -0.25) is 4.79 Å². The Balaban J connectivity index is 1.96. The molecule has 1 amide bonds. The molecule has 134 valence electrons. The van der Waals surface area contributed by atoms with Gasteiger partial charge in [-0.1, -0.05) is 0 Å². The average Bonchev–Trinajstić information content (AvgIpc) is 3.28. The van der Waals surface area contributed by atoms with Crippen LogP contribution in [0.5, 0.6) is 17.2 Å². The van der Waals surface area contributed by atoms with Crippen LogP contribution in [0.4, 0.5) is 0 Å². The molecule has 0 radical (unpaired) electrons. The molecule has 1 aromatic carbocycles. The summed E-state index contributed by atoms with van der Waals surface area (Å²) in [5, 5.41) is 0. The van der Waals surface area contributed by atoms with Crippen molar-refractivity contribution in [2.24, 2.45) is 0 Å². The Morgan fingerprint density at radius 1 is 1.08 bits per heavy atom. The van der Waals surface area contributed by atoms with E-state index in [0.29, 0.717) is 23.3 Å². The van der Waals surface area contributed by atoms with Crippen LogP contribution in [0.3, 0.4) is 0 Å². The van der Waals surface area contributed by atoms with Crippen LogP contribution in [0.2, 0.25) is 0 Å². The van der Waals surface area contributed by atoms with Crippen molar-refractivity contribution in [1.82, 2.24) is 4.90 Å². The fourth-order valence-corrected chi connectivity index (χ4v) is 4.25. The Hall–Kier alpha value is -2.21. The van der Waals surface area contributed by atoms with E-state index in [-0.39, 0.29) is 5.91 Å². The second kappa shape index (κ2) is 7.35. The molecular formula is C19H23NO4S. The van der Waals surface area contributed by atoms with Crippen molar-refractivity contribution < 1.29 is 19.0 Å². The monoisotopic (exact) mass is 361 g/mol. The molecular weight excluding hydrogens is 338 g/mol. The van der Waals surface area contributed by atoms with Gasteiger partial charge in [0.15, 0.2) is 11.5 Å². The summed E-state index contributed by atoms with van der Waals surface area (Å²) in [6.07, 6.45) is 2.15. The highest BCUT2D eigenvalue weighted by atomic mass is 32.1. The Kier molecular flexibility index (Phi) is 5.18. The van der Waals surface area contributed by atoms with Crippen molar-refractivity contribution in [3.05, 3.63) is 29.1 Å². The Bertz CT molecular complexity index is 771. The largest absolute Gasteiger partial charge is 0.493 e. The van der Waals surface area contributed by atoms with Crippen molar-refractivity contribution in [3.63, 3.8) is 0 Å². The molecule has 0 aliphatic carbocycles. The molecule has 1 aliphatic heterocycles. The molecule has 0 bridgehead atoms. The van der Waals surface area contributed by atoms with Crippen LogP contribution in [-0.4, -0.2) is 44.7 Å². The van der Waals surface area contributed by atoms with Gasteiger partial charge in [-0.25, -0.2) is 0 Å². The zero-order chi connectivity index (χ0) is 18.0. The summed E-state index contributed by atoms with van der Waals surface area (Å²) in [5.41, 5.74) is 0.888. The predicted octanol–water partition coefficient (Wildman–Crippen LogP) is 4.07. The molecule has 2 heterocycles. The number of thiophene rings is 1. The summed E-state index contributed by atoms with van der Waals surface area (Å²) >= 11 is 1.48. The minimum absolute atomic E-state index is 0.112. The molecule has 0 saturated carbocycles. The van der Waals surface area contributed by atoms with E-state index < -0.39 is 0 Å². The number of carbonyl (C=O) groups is 1. The molecule has 6 heteroatoms. The summed E-state index contributed by atoms with van der Waals surface area (Å²) in [6, 6.07) is 7.94. The van der Waals surface area contributed by atoms with E-state index in [1.165, 1.54) is 11.3 Å². The number of carbonyl (C=O) groups excluding carboxylic acids is 1. The molecule has 5 nitrogen and oxygen atoms in total. The molecule has 1 unspecified atom stereocenters. The zero-order valence-corrected chi connectivity index (χ0v) is 15.8. The number of benzene rings is 1. The van der Waals surface area contributed by atoms with Crippen molar-refractivity contribution in [2.45, 2.75) is 25.8 Å². The first-order valence-corrected chi connectivity index (χ1v) is 9.12. The summed E-state index contributed by atoms with van der Waals surface area (Å²) in [5.74, 6) is 1.89. The van der Waals surface area contributed by atoms with E-state index in [9.17, 15) is 4.79 Å². The highest BCUT2D eigenvalue weighted by Gasteiger charge is 2.27. The van der Waals surface area contributed by atoms with E-state index in [4.69, 9.17) is 14.2 Å². The molecule has 0 N–H and O–H groups in total. The molecule has 1 aromatic heterocycles. The molecule has 1 atom stereocenters. The lowest BCUT2D eigenvalue weighted by atomic mass is 10.1. The number of amides is 1. The molecule has 1 saturated heterocycles. The second-order valence-corrected chi connectivity index (χ2v) is 7.12. The number of hydrogen-bond acceptors (Lipinski definition) is 5. The van der Waals surface area contributed by atoms with E-state index in [0.717, 1.165) is 34.7 Å². The number of hydrogen-bond donors (Lipinski definition) is 0. The molecule has 1 fully saturated rings. The van der Waals surface area contributed by atoms with Gasteiger partial charge in [0.25, 0.3) is 5.91 Å². The van der Waals surface area contributed by atoms with Gasteiger partial charge in [0, 0.05) is 23.0 Å². The van der Waals surface area contributed by atoms with Gasteiger partial charge in [-0.05, 0) is 44.0 Å². The van der Waals surface area contributed by atoms with Gasteiger partial charge < -0.3 is 19.1 Å². The van der Waals surface area contributed by atoms with Crippen LogP contribution in [0.25, 0.3) is 10.4 Å². The van der Waals surface area contributed by atoms with Crippen LogP contribution in [0.1, 0.15) is 29.4 Å². The van der Waals surface area contributed by atoms with Crippen LogP contribution in [-0.2, 0) is 0 Å². The van der Waals surface area contributed by atoms with Gasteiger partial charge in [0.1, 0.15) is 0 Å². The van der Waals surface area contributed by atoms with Gasteiger partial charge in [-0.15, -0.1) is 11.3 Å². The maximum atomic E-state index is 12.7. The molecule has 2 aromatic rings. The van der Waals surface area contributed by atoms with Gasteiger partial charge in [0.05, 0.1) is 26.2 Å². The number of methoxy groups -OCH3 is 3. The fourth-order valence-electron chi connectivity index (χ4n) is 3.27. The highest BCUT2D eigenvalue weighted by molar-refractivity contribution is 7.17. The van der Waals surface area contributed by atoms with Gasteiger partial charge >= 0.3 is 0 Å². The van der Waals surface area contributed by atoms with Crippen molar-refractivity contribution in [2.75, 3.05) is 27.9 Å². The standard InChI is InChI=1S/C19H23NO4S/c1-12-6-5-11-20(12)19(21)16-10-9-15(25-16)13-7-8-14(22-2)18(24-4)17(13)23-3/h7-10,12H,5-6,11H2,1-4H3. The zero-order valence-electron chi connectivity index (χ0n) is 15.0. The summed E-state index contributed by atoms with van der Waals surface area (Å²) in [7, 11) is 4.78. The van der Waals surface area contributed by atoms with Crippen molar-refractivity contribution in [3.8, 4) is 27.7 Å². The Morgan fingerprint density at radius 2 is 1.84 bits per heavy atom. The second-order valence-electron chi connectivity index (χ2n) is 6.04. The average molecular weight is 361 g/mol. The Labute approximate surface area is 152 Å².